The number of hydrogen-bond acceptors (Lipinski definition) is 3. The van der Waals surface area contributed by atoms with Gasteiger partial charge in [-0.15, -0.1) is 8.78 Å². The fourth-order valence-corrected chi connectivity index (χ4v) is 0.638. The minimum Gasteiger partial charge on any atom is -0.299 e. The van der Waals surface area contributed by atoms with E-state index in [1.807, 2.05) is 6.58 Å². The van der Waals surface area contributed by atoms with Crippen LogP contribution in [0.25, 0.3) is 0 Å². The highest BCUT2D eigenvalue weighted by molar-refractivity contribution is 4.93. The van der Waals surface area contributed by atoms with Crippen LogP contribution in [0.5, 0.6) is 0 Å². The normalized spacial score (nSPS) is 17.2. The Balaban J connectivity index is 5.13. The van der Waals surface area contributed by atoms with E-state index in [-0.39, 0.29) is 14.0 Å². The summed E-state index contributed by atoms with van der Waals surface area (Å²) in [6.07, 6.45) is -15.7. The lowest BCUT2D eigenvalue weighted by atomic mass is 10.3. The Kier molecular flexibility index (Phi) is 4.95. The number of alkyl halides is 7. The van der Waals surface area contributed by atoms with E-state index < -0.39 is 30.2 Å². The van der Waals surface area contributed by atoms with Gasteiger partial charge in [0, 0.05) is 14.0 Å². The fourth-order valence-electron chi connectivity index (χ4n) is 0.638. The average Bonchev–Trinajstić information content (AvgIpc) is 2.13. The van der Waals surface area contributed by atoms with Crippen LogP contribution in [0.3, 0.4) is 0 Å². The Labute approximate surface area is 101 Å². The molecule has 0 aliphatic rings. The summed E-state index contributed by atoms with van der Waals surface area (Å²) < 4.78 is 109. The van der Waals surface area contributed by atoms with Crippen LogP contribution in [0, 0.1) is 0 Å². The first-order valence-corrected chi connectivity index (χ1v) is 4.29. The number of methoxy groups -OCH3 is 1. The molecule has 0 radical (unpaired) electrons. The standard InChI is InChI=1S/C8H8F8O3/c1-4(9)6(11,12)18-5(2,10)7(13,14)19-8(15,16)17-3/h1H2,2-3H3. The van der Waals surface area contributed by atoms with Gasteiger partial charge in [-0.05, 0) is 0 Å². The Morgan fingerprint density at radius 3 is 1.68 bits per heavy atom. The number of halogens is 8. The van der Waals surface area contributed by atoms with E-state index in [4.69, 9.17) is 0 Å². The van der Waals surface area contributed by atoms with Gasteiger partial charge in [-0.2, -0.15) is 17.6 Å². The molecule has 0 spiro atoms. The molecule has 19 heavy (non-hydrogen) atoms. The molecule has 0 bridgehead atoms. The molecular weight excluding hydrogens is 296 g/mol. The van der Waals surface area contributed by atoms with Crippen LogP contribution in [0.4, 0.5) is 35.1 Å². The monoisotopic (exact) mass is 304 g/mol. The lowest BCUT2D eigenvalue weighted by Crippen LogP contribution is -2.53. The van der Waals surface area contributed by atoms with E-state index in [0.29, 0.717) is 0 Å². The maximum absolute atomic E-state index is 13.2. The molecular formula is C8H8F8O3. The second-order valence-corrected chi connectivity index (χ2v) is 3.23. The summed E-state index contributed by atoms with van der Waals surface area (Å²) in [4.78, 5) is 0. The summed E-state index contributed by atoms with van der Waals surface area (Å²) in [5, 5.41) is 0. The predicted molar refractivity (Wildman–Crippen MR) is 43.8 cm³/mol. The number of rotatable bonds is 7. The molecule has 0 fully saturated rings. The molecule has 0 aliphatic heterocycles. The van der Waals surface area contributed by atoms with E-state index in [1.54, 1.807) is 0 Å². The van der Waals surface area contributed by atoms with Crippen molar-refractivity contribution in [3.63, 3.8) is 0 Å². The molecule has 0 aliphatic carbocycles. The molecule has 0 heterocycles. The van der Waals surface area contributed by atoms with Gasteiger partial charge in [0.2, 0.25) is 0 Å². The lowest BCUT2D eigenvalue weighted by molar-refractivity contribution is -0.514. The zero-order chi connectivity index (χ0) is 15.7. The summed E-state index contributed by atoms with van der Waals surface area (Å²) in [5.41, 5.74) is 0. The van der Waals surface area contributed by atoms with Crippen molar-refractivity contribution < 1.29 is 49.3 Å². The third-order valence-electron chi connectivity index (χ3n) is 1.64. The third kappa shape index (κ3) is 4.58. The number of hydrogen-bond donors (Lipinski definition) is 0. The van der Waals surface area contributed by atoms with Gasteiger partial charge >= 0.3 is 24.4 Å². The van der Waals surface area contributed by atoms with Gasteiger partial charge < -0.3 is 0 Å². The molecule has 11 heteroatoms. The van der Waals surface area contributed by atoms with Crippen molar-refractivity contribution in [2.45, 2.75) is 31.3 Å². The summed E-state index contributed by atoms with van der Waals surface area (Å²) in [6, 6.07) is 0. The van der Waals surface area contributed by atoms with Crippen molar-refractivity contribution in [2.24, 2.45) is 0 Å². The molecule has 0 aromatic carbocycles. The molecule has 114 valence electrons. The smallest absolute Gasteiger partial charge is 0.299 e. The average molecular weight is 304 g/mol. The minimum absolute atomic E-state index is 0.227. The molecule has 0 amide bonds. The van der Waals surface area contributed by atoms with E-state index >= 15 is 0 Å². The Morgan fingerprint density at radius 2 is 1.37 bits per heavy atom. The van der Waals surface area contributed by atoms with Gasteiger partial charge in [0.25, 0.3) is 0 Å². The molecule has 0 saturated heterocycles. The second-order valence-electron chi connectivity index (χ2n) is 3.23. The quantitative estimate of drug-likeness (QED) is 0.531. The van der Waals surface area contributed by atoms with E-state index in [0.717, 1.165) is 0 Å². The Hall–Kier alpha value is -0.940. The molecule has 0 saturated carbocycles. The molecule has 0 rings (SSSR count). The molecule has 0 N–H and O–H groups in total. The molecule has 1 unspecified atom stereocenters. The molecule has 0 aromatic heterocycles. The van der Waals surface area contributed by atoms with Crippen molar-refractivity contribution in [1.82, 2.24) is 0 Å². The van der Waals surface area contributed by atoms with Crippen molar-refractivity contribution in [1.29, 1.82) is 0 Å². The van der Waals surface area contributed by atoms with Crippen LogP contribution in [-0.4, -0.2) is 31.5 Å². The molecule has 1 atom stereocenters. The minimum atomic E-state index is -5.58. The molecule has 3 nitrogen and oxygen atoms in total. The van der Waals surface area contributed by atoms with Crippen LogP contribution in [0.2, 0.25) is 0 Å². The van der Waals surface area contributed by atoms with Crippen LogP contribution < -0.4 is 0 Å². The van der Waals surface area contributed by atoms with Crippen LogP contribution in [-0.2, 0) is 14.2 Å². The molecule has 0 aromatic rings. The lowest BCUT2D eigenvalue weighted by Gasteiger charge is -2.33. The van der Waals surface area contributed by atoms with Crippen molar-refractivity contribution in [3.05, 3.63) is 12.4 Å². The zero-order valence-corrected chi connectivity index (χ0v) is 9.46. The summed E-state index contributed by atoms with van der Waals surface area (Å²) >= 11 is 0. The van der Waals surface area contributed by atoms with Gasteiger partial charge in [0.05, 0.1) is 0 Å². The number of ether oxygens (including phenoxy) is 3. The first kappa shape index (κ1) is 18.1. The SMILES string of the molecule is C=C(F)C(F)(F)OC(C)(F)C(F)(F)OC(F)(F)OC. The summed E-state index contributed by atoms with van der Waals surface area (Å²) in [5.74, 6) is -7.40. The summed E-state index contributed by atoms with van der Waals surface area (Å²) in [6.45, 7) is 1.65. The maximum atomic E-state index is 13.2. The Morgan fingerprint density at radius 1 is 0.947 bits per heavy atom. The highest BCUT2D eigenvalue weighted by atomic mass is 19.3. The summed E-state index contributed by atoms with van der Waals surface area (Å²) in [7, 11) is 0.227. The third-order valence-corrected chi connectivity index (χ3v) is 1.64. The van der Waals surface area contributed by atoms with Gasteiger partial charge in [-0.3, -0.25) is 9.47 Å². The van der Waals surface area contributed by atoms with E-state index in [9.17, 15) is 35.1 Å². The van der Waals surface area contributed by atoms with E-state index in [1.165, 1.54) is 0 Å². The highest BCUT2D eigenvalue weighted by Crippen LogP contribution is 2.43. The maximum Gasteiger partial charge on any atom is 0.490 e. The van der Waals surface area contributed by atoms with Gasteiger partial charge in [-0.25, -0.2) is 13.5 Å². The van der Waals surface area contributed by atoms with Crippen LogP contribution in [0.1, 0.15) is 6.92 Å². The highest BCUT2D eigenvalue weighted by Gasteiger charge is 2.63. The van der Waals surface area contributed by atoms with Crippen molar-refractivity contribution in [3.8, 4) is 0 Å². The van der Waals surface area contributed by atoms with Crippen LogP contribution in [0.15, 0.2) is 12.4 Å². The van der Waals surface area contributed by atoms with Crippen molar-refractivity contribution in [2.75, 3.05) is 7.11 Å². The second kappa shape index (κ2) is 5.21. The first-order valence-electron chi connectivity index (χ1n) is 4.29. The van der Waals surface area contributed by atoms with Crippen LogP contribution >= 0.6 is 0 Å². The Bertz CT molecular complexity index is 341. The predicted octanol–water partition coefficient (Wildman–Crippen LogP) is 3.57. The van der Waals surface area contributed by atoms with E-state index in [2.05, 4.69) is 14.2 Å². The topological polar surface area (TPSA) is 27.7 Å². The first-order chi connectivity index (χ1) is 8.17. The largest absolute Gasteiger partial charge is 0.490 e. The van der Waals surface area contributed by atoms with Gasteiger partial charge in [0.15, 0.2) is 5.83 Å². The zero-order valence-electron chi connectivity index (χ0n) is 9.46. The van der Waals surface area contributed by atoms with Crippen molar-refractivity contribution >= 4 is 0 Å². The van der Waals surface area contributed by atoms with Gasteiger partial charge in [0.1, 0.15) is 0 Å². The van der Waals surface area contributed by atoms with Gasteiger partial charge in [-0.1, -0.05) is 6.58 Å². The fraction of sp³-hybridized carbons (Fsp3) is 0.750.